The van der Waals surface area contributed by atoms with Crippen molar-refractivity contribution in [2.24, 2.45) is 5.41 Å². The second kappa shape index (κ2) is 5.17. The summed E-state index contributed by atoms with van der Waals surface area (Å²) >= 11 is 0. The van der Waals surface area contributed by atoms with Gasteiger partial charge in [-0.05, 0) is 24.3 Å². The Morgan fingerprint density at radius 2 is 2.05 bits per heavy atom. The zero-order valence-electron chi connectivity index (χ0n) is 11.9. The summed E-state index contributed by atoms with van der Waals surface area (Å²) in [5.74, 6) is -0.173. The standard InChI is InChI=1S/C16H21FN2O/c1-16(8-4-5-9-16)11-19-14(20)10-18-15(19)12-6-2-3-7-13(12)17/h2-3,6-7,15,18H,4-5,8-11H2,1H3. The minimum atomic E-state index is -0.318. The van der Waals surface area contributed by atoms with Crippen molar-refractivity contribution in [2.75, 3.05) is 13.1 Å². The maximum absolute atomic E-state index is 14.0. The first-order valence-corrected chi connectivity index (χ1v) is 7.36. The van der Waals surface area contributed by atoms with Crippen molar-refractivity contribution in [1.29, 1.82) is 0 Å². The first-order chi connectivity index (χ1) is 9.59. The topological polar surface area (TPSA) is 32.3 Å². The van der Waals surface area contributed by atoms with Crippen LogP contribution in [0.4, 0.5) is 4.39 Å². The number of nitrogens with zero attached hydrogens (tertiary/aromatic N) is 1. The molecule has 3 nitrogen and oxygen atoms in total. The summed E-state index contributed by atoms with van der Waals surface area (Å²) in [6.45, 7) is 3.26. The van der Waals surface area contributed by atoms with Crippen LogP contribution in [0.25, 0.3) is 0 Å². The Hall–Kier alpha value is -1.42. The van der Waals surface area contributed by atoms with Gasteiger partial charge in [-0.15, -0.1) is 0 Å². The van der Waals surface area contributed by atoms with Crippen molar-refractivity contribution < 1.29 is 9.18 Å². The number of amides is 1. The van der Waals surface area contributed by atoms with E-state index in [2.05, 4.69) is 12.2 Å². The zero-order chi connectivity index (χ0) is 14.2. The van der Waals surface area contributed by atoms with Crippen LogP contribution in [-0.4, -0.2) is 23.9 Å². The van der Waals surface area contributed by atoms with Crippen LogP contribution in [0.2, 0.25) is 0 Å². The van der Waals surface area contributed by atoms with Crippen molar-refractivity contribution in [1.82, 2.24) is 10.2 Å². The fourth-order valence-corrected chi connectivity index (χ4v) is 3.49. The van der Waals surface area contributed by atoms with Gasteiger partial charge in [-0.25, -0.2) is 4.39 Å². The number of carbonyl (C=O) groups is 1. The number of hydrogen-bond acceptors (Lipinski definition) is 2. The lowest BCUT2D eigenvalue weighted by atomic mass is 9.88. The first-order valence-electron chi connectivity index (χ1n) is 7.36. The van der Waals surface area contributed by atoms with Crippen LogP contribution in [0.15, 0.2) is 24.3 Å². The molecule has 0 spiro atoms. The molecule has 0 aromatic heterocycles. The minimum absolute atomic E-state index is 0.0754. The lowest BCUT2D eigenvalue weighted by Gasteiger charge is -2.33. The third kappa shape index (κ3) is 2.44. The van der Waals surface area contributed by atoms with Crippen LogP contribution in [0.5, 0.6) is 0 Å². The van der Waals surface area contributed by atoms with Gasteiger partial charge in [0, 0.05) is 12.1 Å². The quantitative estimate of drug-likeness (QED) is 0.920. The Kier molecular flexibility index (Phi) is 3.50. The molecule has 1 heterocycles. The molecule has 1 aliphatic heterocycles. The van der Waals surface area contributed by atoms with E-state index in [9.17, 15) is 9.18 Å². The molecule has 1 unspecified atom stereocenters. The van der Waals surface area contributed by atoms with Crippen molar-refractivity contribution in [3.63, 3.8) is 0 Å². The molecule has 108 valence electrons. The van der Waals surface area contributed by atoms with Gasteiger partial charge in [0.25, 0.3) is 0 Å². The number of benzene rings is 1. The maximum Gasteiger partial charge on any atom is 0.238 e. The van der Waals surface area contributed by atoms with E-state index in [1.54, 1.807) is 12.1 Å². The van der Waals surface area contributed by atoms with Crippen LogP contribution in [0.1, 0.15) is 44.3 Å². The molecule has 2 fully saturated rings. The zero-order valence-corrected chi connectivity index (χ0v) is 11.9. The third-order valence-corrected chi connectivity index (χ3v) is 4.64. The molecule has 2 aliphatic rings. The highest BCUT2D eigenvalue weighted by atomic mass is 19.1. The average molecular weight is 276 g/mol. The Labute approximate surface area is 119 Å². The summed E-state index contributed by atoms with van der Waals surface area (Å²) in [6, 6.07) is 6.71. The van der Waals surface area contributed by atoms with Crippen molar-refractivity contribution >= 4 is 5.91 Å². The van der Waals surface area contributed by atoms with Gasteiger partial charge in [-0.3, -0.25) is 10.1 Å². The lowest BCUT2D eigenvalue weighted by Crippen LogP contribution is -2.38. The molecule has 1 amide bonds. The number of hydrogen-bond donors (Lipinski definition) is 1. The van der Waals surface area contributed by atoms with Crippen molar-refractivity contribution in [2.45, 2.75) is 38.8 Å². The van der Waals surface area contributed by atoms with Gasteiger partial charge in [-0.1, -0.05) is 38.0 Å². The molecular weight excluding hydrogens is 255 g/mol. The smallest absolute Gasteiger partial charge is 0.238 e. The van der Waals surface area contributed by atoms with Gasteiger partial charge in [-0.2, -0.15) is 0 Å². The summed E-state index contributed by atoms with van der Waals surface area (Å²) in [6.07, 6.45) is 4.45. The van der Waals surface area contributed by atoms with Crippen molar-refractivity contribution in [3.05, 3.63) is 35.6 Å². The summed E-state index contributed by atoms with van der Waals surface area (Å²) < 4.78 is 14.0. The van der Waals surface area contributed by atoms with Crippen LogP contribution in [0.3, 0.4) is 0 Å². The molecule has 20 heavy (non-hydrogen) atoms. The molecular formula is C16H21FN2O. The minimum Gasteiger partial charge on any atom is -0.321 e. The van der Waals surface area contributed by atoms with Gasteiger partial charge in [0.2, 0.25) is 5.91 Å². The molecule has 1 N–H and O–H groups in total. The highest BCUT2D eigenvalue weighted by Crippen LogP contribution is 2.40. The number of carbonyl (C=O) groups excluding carboxylic acids is 1. The molecule has 1 atom stereocenters. The summed E-state index contributed by atoms with van der Waals surface area (Å²) in [5, 5.41) is 3.14. The van der Waals surface area contributed by atoms with E-state index in [0.29, 0.717) is 12.1 Å². The highest BCUT2D eigenvalue weighted by Gasteiger charge is 2.39. The molecule has 1 aliphatic carbocycles. The molecule has 1 aromatic carbocycles. The van der Waals surface area contributed by atoms with Gasteiger partial charge in [0.15, 0.2) is 0 Å². The Bertz CT molecular complexity index is 511. The van der Waals surface area contributed by atoms with Gasteiger partial charge in [0.1, 0.15) is 12.0 Å². The molecule has 1 saturated carbocycles. The SMILES string of the molecule is CC1(CN2C(=O)CNC2c2ccccc2F)CCCC1. The monoisotopic (exact) mass is 276 g/mol. The fourth-order valence-electron chi connectivity index (χ4n) is 3.49. The largest absolute Gasteiger partial charge is 0.321 e. The van der Waals surface area contributed by atoms with E-state index in [-0.39, 0.29) is 23.3 Å². The van der Waals surface area contributed by atoms with Crippen LogP contribution in [0, 0.1) is 11.2 Å². The molecule has 4 heteroatoms. The second-order valence-electron chi connectivity index (χ2n) is 6.34. The summed E-state index contributed by atoms with van der Waals surface area (Å²) in [5.41, 5.74) is 0.755. The van der Waals surface area contributed by atoms with Gasteiger partial charge in [0.05, 0.1) is 6.54 Å². The second-order valence-corrected chi connectivity index (χ2v) is 6.34. The molecule has 1 aromatic rings. The fraction of sp³-hybridized carbons (Fsp3) is 0.562. The normalized spacial score (nSPS) is 25.4. The maximum atomic E-state index is 14.0. The van der Waals surface area contributed by atoms with E-state index in [0.717, 1.165) is 19.4 Å². The van der Waals surface area contributed by atoms with E-state index >= 15 is 0 Å². The van der Waals surface area contributed by atoms with Gasteiger partial charge < -0.3 is 4.90 Å². The van der Waals surface area contributed by atoms with E-state index in [4.69, 9.17) is 0 Å². The molecule has 0 bridgehead atoms. The van der Waals surface area contributed by atoms with Crippen LogP contribution >= 0.6 is 0 Å². The van der Waals surface area contributed by atoms with E-state index in [1.807, 2.05) is 11.0 Å². The Morgan fingerprint density at radius 3 is 2.75 bits per heavy atom. The number of rotatable bonds is 3. The summed E-state index contributed by atoms with van der Waals surface area (Å²) in [4.78, 5) is 14.0. The van der Waals surface area contributed by atoms with Crippen LogP contribution in [-0.2, 0) is 4.79 Å². The molecule has 1 saturated heterocycles. The lowest BCUT2D eigenvalue weighted by molar-refractivity contribution is -0.129. The summed E-state index contributed by atoms with van der Waals surface area (Å²) in [7, 11) is 0. The number of halogens is 1. The predicted molar refractivity (Wildman–Crippen MR) is 75.4 cm³/mol. The van der Waals surface area contributed by atoms with E-state index < -0.39 is 0 Å². The Balaban J connectivity index is 1.84. The van der Waals surface area contributed by atoms with Crippen LogP contribution < -0.4 is 5.32 Å². The molecule has 0 radical (unpaired) electrons. The highest BCUT2D eigenvalue weighted by molar-refractivity contribution is 5.81. The predicted octanol–water partition coefficient (Wildman–Crippen LogP) is 2.84. The van der Waals surface area contributed by atoms with Gasteiger partial charge >= 0.3 is 0 Å². The average Bonchev–Trinajstić information content (AvgIpc) is 2.99. The first kappa shape index (κ1) is 13.6. The Morgan fingerprint density at radius 1 is 1.35 bits per heavy atom. The number of nitrogens with one attached hydrogen (secondary N) is 1. The molecule has 3 rings (SSSR count). The van der Waals surface area contributed by atoms with E-state index in [1.165, 1.54) is 18.9 Å². The third-order valence-electron chi connectivity index (χ3n) is 4.64. The van der Waals surface area contributed by atoms with Crippen molar-refractivity contribution in [3.8, 4) is 0 Å².